The molecule has 0 aromatic heterocycles. The standard InChI is InChI=1S/C14H14O.C3H8/c1-11(15)6-7-12-8-9-13-4-2-3-5-14(13)10-12;1-3-2/h2-5,8-10H,6-7H2,1H3;3H2,1-2H3. The molecule has 18 heavy (non-hydrogen) atoms. The van der Waals surface area contributed by atoms with Crippen LogP contribution in [0.15, 0.2) is 42.5 Å². The second-order valence-electron chi connectivity index (χ2n) is 4.59. The molecule has 1 nitrogen and oxygen atoms in total. The van der Waals surface area contributed by atoms with E-state index in [1.807, 2.05) is 12.1 Å². The number of hydrogen-bond donors (Lipinski definition) is 0. The van der Waals surface area contributed by atoms with Gasteiger partial charge in [-0.3, -0.25) is 0 Å². The molecule has 0 aliphatic carbocycles. The molecule has 0 spiro atoms. The summed E-state index contributed by atoms with van der Waals surface area (Å²) < 4.78 is 0. The van der Waals surface area contributed by atoms with Crippen molar-refractivity contribution in [2.75, 3.05) is 0 Å². The van der Waals surface area contributed by atoms with Crippen LogP contribution in [0, 0.1) is 0 Å². The molecule has 1 heteroatoms. The average Bonchev–Trinajstić information content (AvgIpc) is 2.37. The molecule has 0 bridgehead atoms. The summed E-state index contributed by atoms with van der Waals surface area (Å²) in [5, 5.41) is 2.50. The van der Waals surface area contributed by atoms with Gasteiger partial charge in [0, 0.05) is 6.42 Å². The molecule has 0 aliphatic heterocycles. The van der Waals surface area contributed by atoms with Gasteiger partial charge in [-0.2, -0.15) is 0 Å². The number of rotatable bonds is 3. The lowest BCUT2D eigenvalue weighted by Crippen LogP contribution is -1.93. The molecule has 2 rings (SSSR count). The highest BCUT2D eigenvalue weighted by Crippen LogP contribution is 2.16. The maximum Gasteiger partial charge on any atom is 0.130 e. The Labute approximate surface area is 110 Å². The molecule has 0 fully saturated rings. The zero-order chi connectivity index (χ0) is 13.4. The molecule has 0 saturated heterocycles. The number of aryl methyl sites for hydroxylation is 1. The van der Waals surface area contributed by atoms with Crippen LogP contribution in [0.1, 0.15) is 39.2 Å². The van der Waals surface area contributed by atoms with Gasteiger partial charge in [0.15, 0.2) is 0 Å². The molecule has 0 amide bonds. The lowest BCUT2D eigenvalue weighted by atomic mass is 10.0. The first-order valence-corrected chi connectivity index (χ1v) is 6.64. The van der Waals surface area contributed by atoms with Crippen LogP contribution >= 0.6 is 0 Å². The van der Waals surface area contributed by atoms with E-state index in [0.29, 0.717) is 6.42 Å². The van der Waals surface area contributed by atoms with Gasteiger partial charge >= 0.3 is 0 Å². The highest BCUT2D eigenvalue weighted by Gasteiger charge is 1.98. The Morgan fingerprint density at radius 2 is 1.61 bits per heavy atom. The van der Waals surface area contributed by atoms with Crippen molar-refractivity contribution in [2.24, 2.45) is 0 Å². The van der Waals surface area contributed by atoms with Gasteiger partial charge in [0.05, 0.1) is 0 Å². The van der Waals surface area contributed by atoms with Crippen molar-refractivity contribution in [3.8, 4) is 0 Å². The molecule has 0 saturated carbocycles. The van der Waals surface area contributed by atoms with Crippen LogP contribution < -0.4 is 0 Å². The molecule has 96 valence electrons. The van der Waals surface area contributed by atoms with Gasteiger partial charge in [-0.25, -0.2) is 0 Å². The first kappa shape index (κ1) is 14.4. The monoisotopic (exact) mass is 242 g/mol. The summed E-state index contributed by atoms with van der Waals surface area (Å²) in [5.74, 6) is 0.253. The Kier molecular flexibility index (Phi) is 6.13. The third-order valence-electron chi connectivity index (χ3n) is 2.58. The first-order valence-electron chi connectivity index (χ1n) is 6.64. The van der Waals surface area contributed by atoms with E-state index in [1.54, 1.807) is 6.92 Å². The summed E-state index contributed by atoms with van der Waals surface area (Å²) in [6.07, 6.45) is 2.73. The molecular formula is C17H22O. The van der Waals surface area contributed by atoms with Gasteiger partial charge < -0.3 is 4.79 Å². The molecule has 0 atom stereocenters. The maximum absolute atomic E-state index is 10.9. The minimum atomic E-state index is 0.253. The number of ketones is 1. The lowest BCUT2D eigenvalue weighted by molar-refractivity contribution is -0.116. The van der Waals surface area contributed by atoms with Gasteiger partial charge in [-0.15, -0.1) is 0 Å². The number of benzene rings is 2. The van der Waals surface area contributed by atoms with Crippen molar-refractivity contribution < 1.29 is 4.79 Å². The lowest BCUT2D eigenvalue weighted by Gasteiger charge is -2.02. The predicted octanol–water partition coefficient (Wildman–Crippen LogP) is 4.78. The van der Waals surface area contributed by atoms with E-state index < -0.39 is 0 Å². The summed E-state index contributed by atoms with van der Waals surface area (Å²) in [5.41, 5.74) is 1.24. The SMILES string of the molecule is CC(=O)CCc1ccc2ccccc2c1.CCC. The fourth-order valence-corrected chi connectivity index (χ4v) is 1.71. The van der Waals surface area contributed by atoms with Gasteiger partial charge in [-0.1, -0.05) is 62.7 Å². The van der Waals surface area contributed by atoms with E-state index >= 15 is 0 Å². The van der Waals surface area contributed by atoms with E-state index in [0.717, 1.165) is 6.42 Å². The fraction of sp³-hybridized carbons (Fsp3) is 0.353. The van der Waals surface area contributed by atoms with Crippen molar-refractivity contribution in [1.82, 2.24) is 0 Å². The van der Waals surface area contributed by atoms with Crippen molar-refractivity contribution in [1.29, 1.82) is 0 Å². The Balaban J connectivity index is 0.000000492. The Morgan fingerprint density at radius 3 is 2.22 bits per heavy atom. The number of hydrogen-bond acceptors (Lipinski definition) is 1. The van der Waals surface area contributed by atoms with Gasteiger partial charge in [0.25, 0.3) is 0 Å². The molecule has 0 aliphatic rings. The normalized spacial score (nSPS) is 9.72. The smallest absolute Gasteiger partial charge is 0.130 e. The summed E-state index contributed by atoms with van der Waals surface area (Å²) in [7, 11) is 0. The van der Waals surface area contributed by atoms with E-state index in [4.69, 9.17) is 0 Å². The molecule has 2 aromatic rings. The summed E-state index contributed by atoms with van der Waals surface area (Å²) in [6, 6.07) is 14.7. The number of carbonyl (C=O) groups is 1. The quantitative estimate of drug-likeness (QED) is 0.757. The number of Topliss-reactive ketones (excluding diaryl/α,β-unsaturated/α-hetero) is 1. The second kappa shape index (κ2) is 7.65. The largest absolute Gasteiger partial charge is 0.300 e. The third-order valence-corrected chi connectivity index (χ3v) is 2.58. The van der Waals surface area contributed by atoms with E-state index in [-0.39, 0.29) is 5.78 Å². The predicted molar refractivity (Wildman–Crippen MR) is 78.9 cm³/mol. The van der Waals surface area contributed by atoms with Crippen LogP contribution in [0.3, 0.4) is 0 Å². The summed E-state index contributed by atoms with van der Waals surface area (Å²) in [4.78, 5) is 10.9. The van der Waals surface area contributed by atoms with Crippen LogP contribution in [0.4, 0.5) is 0 Å². The Bertz CT molecular complexity index is 500. The average molecular weight is 242 g/mol. The molecule has 0 unspecified atom stereocenters. The van der Waals surface area contributed by atoms with Crippen LogP contribution in [0.5, 0.6) is 0 Å². The fourth-order valence-electron chi connectivity index (χ4n) is 1.71. The molecular weight excluding hydrogens is 220 g/mol. The van der Waals surface area contributed by atoms with Crippen molar-refractivity contribution >= 4 is 16.6 Å². The van der Waals surface area contributed by atoms with Crippen molar-refractivity contribution in [3.05, 3.63) is 48.0 Å². The topological polar surface area (TPSA) is 17.1 Å². The Hall–Kier alpha value is -1.63. The van der Waals surface area contributed by atoms with Crippen LogP contribution in [-0.4, -0.2) is 5.78 Å². The summed E-state index contributed by atoms with van der Waals surface area (Å²) in [6.45, 7) is 5.89. The van der Waals surface area contributed by atoms with Gasteiger partial charge in [0.2, 0.25) is 0 Å². The second-order valence-corrected chi connectivity index (χ2v) is 4.59. The highest BCUT2D eigenvalue weighted by molar-refractivity contribution is 5.83. The van der Waals surface area contributed by atoms with Gasteiger partial charge in [-0.05, 0) is 29.7 Å². The molecule has 0 N–H and O–H groups in total. The minimum Gasteiger partial charge on any atom is -0.300 e. The zero-order valence-corrected chi connectivity index (χ0v) is 11.6. The number of carbonyl (C=O) groups excluding carboxylic acids is 1. The zero-order valence-electron chi connectivity index (χ0n) is 11.6. The molecule has 0 heterocycles. The van der Waals surface area contributed by atoms with Gasteiger partial charge in [0.1, 0.15) is 5.78 Å². The molecule has 2 aromatic carbocycles. The number of fused-ring (bicyclic) bond motifs is 1. The Morgan fingerprint density at radius 1 is 1.00 bits per heavy atom. The first-order chi connectivity index (χ1) is 8.67. The maximum atomic E-state index is 10.9. The van der Waals surface area contributed by atoms with Crippen LogP contribution in [0.2, 0.25) is 0 Å². The molecule has 0 radical (unpaired) electrons. The minimum absolute atomic E-state index is 0.253. The third kappa shape index (κ3) is 4.70. The summed E-state index contributed by atoms with van der Waals surface area (Å²) >= 11 is 0. The highest BCUT2D eigenvalue weighted by atomic mass is 16.1. The van der Waals surface area contributed by atoms with E-state index in [2.05, 4.69) is 44.2 Å². The van der Waals surface area contributed by atoms with E-state index in [1.165, 1.54) is 22.8 Å². The van der Waals surface area contributed by atoms with Crippen molar-refractivity contribution in [2.45, 2.75) is 40.0 Å². The van der Waals surface area contributed by atoms with Crippen LogP contribution in [0.25, 0.3) is 10.8 Å². The van der Waals surface area contributed by atoms with Crippen LogP contribution in [-0.2, 0) is 11.2 Å². The van der Waals surface area contributed by atoms with Crippen molar-refractivity contribution in [3.63, 3.8) is 0 Å². The van der Waals surface area contributed by atoms with E-state index in [9.17, 15) is 4.79 Å².